The second-order valence-electron chi connectivity index (χ2n) is 6.28. The Bertz CT molecular complexity index is 962. The number of nitrogens with zero attached hydrogens (tertiary/aromatic N) is 2. The van der Waals surface area contributed by atoms with Crippen LogP contribution in [0.4, 0.5) is 0 Å². The van der Waals surface area contributed by atoms with Gasteiger partial charge in [-0.3, -0.25) is 4.79 Å². The molecule has 2 heterocycles. The number of amides is 1. The van der Waals surface area contributed by atoms with Gasteiger partial charge in [0.25, 0.3) is 5.91 Å². The SMILES string of the molecule is Cc1ccc(C(=O)N2N=C(c3ccco3)C[C@@H]2c2ccccc2Br)cc1. The lowest BCUT2D eigenvalue weighted by molar-refractivity contribution is 0.0710. The van der Waals surface area contributed by atoms with Gasteiger partial charge in [0, 0.05) is 16.5 Å². The third kappa shape index (κ3) is 3.10. The smallest absolute Gasteiger partial charge is 0.274 e. The second kappa shape index (κ2) is 6.92. The zero-order chi connectivity index (χ0) is 18.1. The van der Waals surface area contributed by atoms with Crippen molar-refractivity contribution in [1.82, 2.24) is 5.01 Å². The molecule has 130 valence electrons. The highest BCUT2D eigenvalue weighted by Gasteiger charge is 2.35. The molecule has 0 aliphatic carbocycles. The molecule has 4 rings (SSSR count). The summed E-state index contributed by atoms with van der Waals surface area (Å²) in [6.07, 6.45) is 2.23. The fraction of sp³-hybridized carbons (Fsp3) is 0.143. The molecule has 0 saturated carbocycles. The van der Waals surface area contributed by atoms with E-state index in [1.165, 1.54) is 0 Å². The topological polar surface area (TPSA) is 45.8 Å². The number of hydrogen-bond donors (Lipinski definition) is 0. The van der Waals surface area contributed by atoms with Crippen LogP contribution in [0.2, 0.25) is 0 Å². The van der Waals surface area contributed by atoms with Crippen molar-refractivity contribution in [1.29, 1.82) is 0 Å². The lowest BCUT2D eigenvalue weighted by atomic mass is 10.0. The van der Waals surface area contributed by atoms with E-state index >= 15 is 0 Å². The Morgan fingerprint density at radius 2 is 1.88 bits per heavy atom. The average Bonchev–Trinajstić information content (AvgIpc) is 3.32. The standard InChI is InChI=1S/C21H17BrN2O2/c1-14-8-10-15(11-9-14)21(25)24-19(16-5-2-3-6-17(16)22)13-18(23-24)20-7-4-12-26-20/h2-12,19H,13H2,1H3/t19-/m1/s1. The summed E-state index contributed by atoms with van der Waals surface area (Å²) in [7, 11) is 0. The first-order chi connectivity index (χ1) is 12.6. The first kappa shape index (κ1) is 16.8. The summed E-state index contributed by atoms with van der Waals surface area (Å²) in [4.78, 5) is 13.1. The Labute approximate surface area is 160 Å². The number of carbonyl (C=O) groups is 1. The lowest BCUT2D eigenvalue weighted by Gasteiger charge is -2.23. The third-order valence-electron chi connectivity index (χ3n) is 4.49. The van der Waals surface area contributed by atoms with E-state index in [1.54, 1.807) is 11.3 Å². The second-order valence-corrected chi connectivity index (χ2v) is 7.14. The number of rotatable bonds is 3. The van der Waals surface area contributed by atoms with Crippen molar-refractivity contribution >= 4 is 27.5 Å². The van der Waals surface area contributed by atoms with Crippen LogP contribution in [0.5, 0.6) is 0 Å². The van der Waals surface area contributed by atoms with Crippen molar-refractivity contribution in [2.75, 3.05) is 0 Å². The summed E-state index contributed by atoms with van der Waals surface area (Å²) in [5, 5.41) is 6.19. The van der Waals surface area contributed by atoms with Crippen molar-refractivity contribution in [3.8, 4) is 0 Å². The minimum Gasteiger partial charge on any atom is -0.463 e. The van der Waals surface area contributed by atoms with E-state index in [-0.39, 0.29) is 11.9 Å². The van der Waals surface area contributed by atoms with Crippen LogP contribution in [0.3, 0.4) is 0 Å². The highest BCUT2D eigenvalue weighted by molar-refractivity contribution is 9.10. The predicted octanol–water partition coefficient (Wildman–Crippen LogP) is 5.34. The number of benzene rings is 2. The molecular formula is C21H17BrN2O2. The van der Waals surface area contributed by atoms with Gasteiger partial charge in [0.2, 0.25) is 0 Å². The van der Waals surface area contributed by atoms with Crippen LogP contribution in [0.25, 0.3) is 0 Å². The summed E-state index contributed by atoms with van der Waals surface area (Å²) < 4.78 is 6.46. The van der Waals surface area contributed by atoms with E-state index in [9.17, 15) is 4.79 Å². The van der Waals surface area contributed by atoms with Gasteiger partial charge in [-0.15, -0.1) is 0 Å². The minimum absolute atomic E-state index is 0.118. The van der Waals surface area contributed by atoms with Gasteiger partial charge in [-0.1, -0.05) is 51.8 Å². The maximum absolute atomic E-state index is 13.1. The zero-order valence-electron chi connectivity index (χ0n) is 14.2. The summed E-state index contributed by atoms with van der Waals surface area (Å²) >= 11 is 3.61. The number of hydrogen-bond acceptors (Lipinski definition) is 3. The van der Waals surface area contributed by atoms with Crippen molar-refractivity contribution < 1.29 is 9.21 Å². The van der Waals surface area contributed by atoms with Gasteiger partial charge >= 0.3 is 0 Å². The van der Waals surface area contributed by atoms with Crippen LogP contribution in [0.15, 0.2) is 80.9 Å². The number of aryl methyl sites for hydroxylation is 1. The van der Waals surface area contributed by atoms with Gasteiger partial charge in [0.15, 0.2) is 0 Å². The molecule has 5 heteroatoms. The van der Waals surface area contributed by atoms with E-state index < -0.39 is 0 Å². The number of carbonyl (C=O) groups excluding carboxylic acids is 1. The van der Waals surface area contributed by atoms with E-state index in [0.717, 1.165) is 21.3 Å². The molecule has 3 aromatic rings. The largest absolute Gasteiger partial charge is 0.463 e. The molecule has 1 aliphatic heterocycles. The van der Waals surface area contributed by atoms with Crippen molar-refractivity contribution in [2.24, 2.45) is 5.10 Å². The Balaban J connectivity index is 1.74. The highest BCUT2D eigenvalue weighted by Crippen LogP contribution is 2.37. The molecule has 1 amide bonds. The molecule has 0 bridgehead atoms. The average molecular weight is 409 g/mol. The summed E-state index contributed by atoms with van der Waals surface area (Å²) in [6.45, 7) is 2.00. The molecule has 0 saturated heterocycles. The zero-order valence-corrected chi connectivity index (χ0v) is 15.8. The fourth-order valence-electron chi connectivity index (χ4n) is 3.11. The lowest BCUT2D eigenvalue weighted by Crippen LogP contribution is -2.27. The summed E-state index contributed by atoms with van der Waals surface area (Å²) in [5.74, 6) is 0.577. The molecule has 0 N–H and O–H groups in total. The molecule has 1 atom stereocenters. The van der Waals surface area contributed by atoms with Crippen LogP contribution < -0.4 is 0 Å². The maximum Gasteiger partial charge on any atom is 0.274 e. The number of halogens is 1. The summed E-state index contributed by atoms with van der Waals surface area (Å²) in [6, 6.07) is 19.0. The van der Waals surface area contributed by atoms with Crippen LogP contribution >= 0.6 is 15.9 Å². The highest BCUT2D eigenvalue weighted by atomic mass is 79.9. The van der Waals surface area contributed by atoms with E-state index in [2.05, 4.69) is 21.0 Å². The normalized spacial score (nSPS) is 16.6. The van der Waals surface area contributed by atoms with Crippen LogP contribution in [-0.4, -0.2) is 16.6 Å². The minimum atomic E-state index is -0.181. The first-order valence-corrected chi connectivity index (χ1v) is 9.19. The first-order valence-electron chi connectivity index (χ1n) is 8.39. The number of hydrazone groups is 1. The van der Waals surface area contributed by atoms with E-state index in [4.69, 9.17) is 4.42 Å². The van der Waals surface area contributed by atoms with E-state index in [0.29, 0.717) is 17.7 Å². The van der Waals surface area contributed by atoms with Crippen LogP contribution in [-0.2, 0) is 0 Å². The third-order valence-corrected chi connectivity index (χ3v) is 5.21. The Morgan fingerprint density at radius 3 is 2.58 bits per heavy atom. The van der Waals surface area contributed by atoms with Gasteiger partial charge in [-0.25, -0.2) is 5.01 Å². The van der Waals surface area contributed by atoms with Gasteiger partial charge in [-0.05, 0) is 42.8 Å². The molecular weight excluding hydrogens is 392 g/mol. The number of furan rings is 1. The molecule has 1 aromatic heterocycles. The van der Waals surface area contributed by atoms with Crippen molar-refractivity contribution in [3.05, 3.63) is 93.9 Å². The van der Waals surface area contributed by atoms with Gasteiger partial charge in [0.1, 0.15) is 11.5 Å². The molecule has 0 unspecified atom stereocenters. The molecule has 0 radical (unpaired) electrons. The molecule has 2 aromatic carbocycles. The van der Waals surface area contributed by atoms with Crippen LogP contribution in [0.1, 0.15) is 39.7 Å². The predicted molar refractivity (Wildman–Crippen MR) is 104 cm³/mol. The maximum atomic E-state index is 13.1. The quantitative estimate of drug-likeness (QED) is 0.586. The molecule has 4 nitrogen and oxygen atoms in total. The fourth-order valence-corrected chi connectivity index (χ4v) is 3.65. The molecule has 26 heavy (non-hydrogen) atoms. The van der Waals surface area contributed by atoms with Gasteiger partial charge in [0.05, 0.1) is 12.3 Å². The Kier molecular flexibility index (Phi) is 4.47. The molecule has 1 aliphatic rings. The molecule has 0 spiro atoms. The Morgan fingerprint density at radius 1 is 1.12 bits per heavy atom. The van der Waals surface area contributed by atoms with Gasteiger partial charge < -0.3 is 4.42 Å². The van der Waals surface area contributed by atoms with Crippen molar-refractivity contribution in [3.63, 3.8) is 0 Å². The van der Waals surface area contributed by atoms with Crippen LogP contribution in [0, 0.1) is 6.92 Å². The van der Waals surface area contributed by atoms with Crippen molar-refractivity contribution in [2.45, 2.75) is 19.4 Å². The monoisotopic (exact) mass is 408 g/mol. The molecule has 0 fully saturated rings. The van der Waals surface area contributed by atoms with E-state index in [1.807, 2.05) is 67.6 Å². The Hall–Kier alpha value is -2.66. The summed E-state index contributed by atoms with van der Waals surface area (Å²) in [5.41, 5.74) is 3.54. The van der Waals surface area contributed by atoms with Gasteiger partial charge in [-0.2, -0.15) is 5.10 Å².